The molecule has 176 valence electrons. The average Bonchev–Trinajstić information content (AvgIpc) is 3.21. The summed E-state index contributed by atoms with van der Waals surface area (Å²) >= 11 is 8.14. The van der Waals surface area contributed by atoms with Crippen LogP contribution in [0.3, 0.4) is 0 Å². The molecule has 1 atom stereocenters. The average molecular weight is 489 g/mol. The number of ether oxygens (including phenoxy) is 1. The van der Waals surface area contributed by atoms with Crippen LogP contribution in [0.2, 0.25) is 5.02 Å². The fourth-order valence-electron chi connectivity index (χ4n) is 4.39. The van der Waals surface area contributed by atoms with Gasteiger partial charge in [0.2, 0.25) is 5.91 Å². The third-order valence-electron chi connectivity index (χ3n) is 6.18. The molecule has 3 aliphatic rings. The summed E-state index contributed by atoms with van der Waals surface area (Å²) in [6.45, 7) is 9.33. The minimum atomic E-state index is -0.446. The number of likely N-dealkylation sites (N-methyl/N-ethyl adjacent to an activating group) is 1. The van der Waals surface area contributed by atoms with Gasteiger partial charge < -0.3 is 19.4 Å². The minimum absolute atomic E-state index is 0.0483. The Labute approximate surface area is 204 Å². The number of thioether (sulfide) groups is 1. The Kier molecular flexibility index (Phi) is 7.46. The van der Waals surface area contributed by atoms with E-state index in [-0.39, 0.29) is 18.2 Å². The quantitative estimate of drug-likeness (QED) is 0.604. The zero-order valence-corrected chi connectivity index (χ0v) is 20.8. The van der Waals surface area contributed by atoms with Gasteiger partial charge in [-0.3, -0.25) is 9.59 Å². The van der Waals surface area contributed by atoms with Crippen molar-refractivity contribution in [3.63, 3.8) is 0 Å². The second kappa shape index (κ2) is 10.3. The smallest absolute Gasteiger partial charge is 0.254 e. The van der Waals surface area contributed by atoms with Gasteiger partial charge in [0.05, 0.1) is 36.9 Å². The molecule has 1 fully saturated rings. The second-order valence-electron chi connectivity index (χ2n) is 8.06. The topological polar surface area (TPSA) is 65.5 Å². The summed E-state index contributed by atoms with van der Waals surface area (Å²) in [5.41, 5.74) is 2.94. The zero-order chi connectivity index (χ0) is 23.5. The molecule has 9 heteroatoms. The van der Waals surface area contributed by atoms with E-state index >= 15 is 0 Å². The van der Waals surface area contributed by atoms with Gasteiger partial charge >= 0.3 is 0 Å². The molecule has 1 saturated heterocycles. The molecule has 0 spiro atoms. The van der Waals surface area contributed by atoms with E-state index in [4.69, 9.17) is 21.3 Å². The van der Waals surface area contributed by atoms with E-state index < -0.39 is 6.04 Å². The van der Waals surface area contributed by atoms with Gasteiger partial charge in [-0.1, -0.05) is 41.6 Å². The van der Waals surface area contributed by atoms with Crippen molar-refractivity contribution in [2.45, 2.75) is 33.2 Å². The zero-order valence-electron chi connectivity index (χ0n) is 19.2. The SMILES string of the molecule is CCN(CC)C(=O)C1=C(C)N=C2SC=C(CC(=O)N3CCOCC3)N2C1c1ccccc1Cl. The Morgan fingerprint density at radius 3 is 2.58 bits per heavy atom. The van der Waals surface area contributed by atoms with Crippen LogP contribution in [0.5, 0.6) is 0 Å². The Morgan fingerprint density at radius 1 is 1.21 bits per heavy atom. The van der Waals surface area contributed by atoms with Crippen molar-refractivity contribution in [2.75, 3.05) is 39.4 Å². The highest BCUT2D eigenvalue weighted by atomic mass is 35.5. The first-order valence-electron chi connectivity index (χ1n) is 11.3. The van der Waals surface area contributed by atoms with Crippen LogP contribution in [-0.4, -0.2) is 71.1 Å². The van der Waals surface area contributed by atoms with Gasteiger partial charge in [0, 0.05) is 36.9 Å². The monoisotopic (exact) mass is 488 g/mol. The van der Waals surface area contributed by atoms with Crippen molar-refractivity contribution < 1.29 is 14.3 Å². The number of amidine groups is 1. The summed E-state index contributed by atoms with van der Waals surface area (Å²) in [5, 5.41) is 3.31. The van der Waals surface area contributed by atoms with Gasteiger partial charge in [0.15, 0.2) is 5.17 Å². The lowest BCUT2D eigenvalue weighted by Gasteiger charge is -2.38. The first kappa shape index (κ1) is 23.9. The third kappa shape index (κ3) is 4.69. The number of aliphatic imine (C=N–C) groups is 1. The highest BCUT2D eigenvalue weighted by molar-refractivity contribution is 8.16. The molecule has 0 saturated carbocycles. The van der Waals surface area contributed by atoms with Crippen molar-refractivity contribution in [1.82, 2.24) is 14.7 Å². The molecule has 1 unspecified atom stereocenters. The lowest BCUT2D eigenvalue weighted by molar-refractivity contribution is -0.134. The molecule has 0 radical (unpaired) electrons. The summed E-state index contributed by atoms with van der Waals surface area (Å²) in [6, 6.07) is 7.14. The third-order valence-corrected chi connectivity index (χ3v) is 7.41. The predicted molar refractivity (Wildman–Crippen MR) is 132 cm³/mol. The van der Waals surface area contributed by atoms with Gasteiger partial charge in [-0.25, -0.2) is 4.99 Å². The Hall–Kier alpha value is -2.29. The van der Waals surface area contributed by atoms with E-state index in [1.54, 1.807) is 4.90 Å². The molecule has 0 aromatic heterocycles. The summed E-state index contributed by atoms with van der Waals surface area (Å²) in [5.74, 6) is -0.00632. The fourth-order valence-corrected chi connectivity index (χ4v) is 5.60. The number of amides is 2. The summed E-state index contributed by atoms with van der Waals surface area (Å²) < 4.78 is 5.38. The molecule has 2 amide bonds. The number of carbonyl (C=O) groups is 2. The molecule has 0 N–H and O–H groups in total. The number of fused-ring (bicyclic) bond motifs is 1. The molecule has 1 aromatic rings. The van der Waals surface area contributed by atoms with Crippen molar-refractivity contribution >= 4 is 40.3 Å². The second-order valence-corrected chi connectivity index (χ2v) is 9.31. The first-order chi connectivity index (χ1) is 16.0. The summed E-state index contributed by atoms with van der Waals surface area (Å²) in [4.78, 5) is 37.1. The van der Waals surface area contributed by atoms with E-state index in [2.05, 4.69) is 0 Å². The fraction of sp³-hybridized carbons (Fsp3) is 0.458. The van der Waals surface area contributed by atoms with Crippen molar-refractivity contribution in [3.8, 4) is 0 Å². The molecular weight excluding hydrogens is 460 g/mol. The van der Waals surface area contributed by atoms with Crippen LogP contribution in [-0.2, 0) is 14.3 Å². The number of nitrogens with zero attached hydrogens (tertiary/aromatic N) is 4. The van der Waals surface area contributed by atoms with E-state index in [1.165, 1.54) is 11.8 Å². The molecule has 0 bridgehead atoms. The molecular formula is C24H29ClN4O3S. The number of allylic oxidation sites excluding steroid dienone is 1. The maximum atomic E-state index is 13.6. The molecule has 0 aliphatic carbocycles. The van der Waals surface area contributed by atoms with E-state index in [0.29, 0.717) is 55.7 Å². The van der Waals surface area contributed by atoms with Gasteiger partial charge in [0.25, 0.3) is 5.91 Å². The highest BCUT2D eigenvalue weighted by Gasteiger charge is 2.42. The minimum Gasteiger partial charge on any atom is -0.378 e. The number of morpholine rings is 1. The molecule has 4 rings (SSSR count). The maximum Gasteiger partial charge on any atom is 0.254 e. The normalized spacial score (nSPS) is 20.4. The molecule has 3 aliphatic heterocycles. The van der Waals surface area contributed by atoms with Crippen LogP contribution in [0.15, 0.2) is 51.6 Å². The van der Waals surface area contributed by atoms with Crippen LogP contribution < -0.4 is 0 Å². The van der Waals surface area contributed by atoms with Gasteiger partial charge in [-0.15, -0.1) is 0 Å². The van der Waals surface area contributed by atoms with Crippen LogP contribution in [0.1, 0.15) is 38.8 Å². The van der Waals surface area contributed by atoms with E-state index in [9.17, 15) is 9.59 Å². The number of rotatable bonds is 6. The number of halogens is 1. The summed E-state index contributed by atoms with van der Waals surface area (Å²) in [6.07, 6.45) is 0.235. The summed E-state index contributed by atoms with van der Waals surface area (Å²) in [7, 11) is 0. The lowest BCUT2D eigenvalue weighted by atomic mass is 9.92. The van der Waals surface area contributed by atoms with Crippen LogP contribution in [0.4, 0.5) is 0 Å². The van der Waals surface area contributed by atoms with E-state index in [1.807, 2.05) is 60.2 Å². The molecule has 3 heterocycles. The molecule has 7 nitrogen and oxygen atoms in total. The van der Waals surface area contributed by atoms with Crippen LogP contribution >= 0.6 is 23.4 Å². The van der Waals surface area contributed by atoms with Gasteiger partial charge in [-0.2, -0.15) is 0 Å². The van der Waals surface area contributed by atoms with Crippen molar-refractivity contribution in [1.29, 1.82) is 0 Å². The Bertz CT molecular complexity index is 1030. The van der Waals surface area contributed by atoms with Crippen molar-refractivity contribution in [3.05, 3.63) is 57.2 Å². The number of benzene rings is 1. The van der Waals surface area contributed by atoms with Gasteiger partial charge in [-0.05, 0) is 37.8 Å². The lowest BCUT2D eigenvalue weighted by Crippen LogP contribution is -2.43. The number of hydrogen-bond donors (Lipinski definition) is 0. The van der Waals surface area contributed by atoms with Gasteiger partial charge in [0.1, 0.15) is 0 Å². The number of hydrogen-bond acceptors (Lipinski definition) is 6. The van der Waals surface area contributed by atoms with Crippen LogP contribution in [0, 0.1) is 0 Å². The molecule has 33 heavy (non-hydrogen) atoms. The first-order valence-corrected chi connectivity index (χ1v) is 12.6. The Morgan fingerprint density at radius 2 is 1.91 bits per heavy atom. The van der Waals surface area contributed by atoms with Crippen molar-refractivity contribution in [2.24, 2.45) is 4.99 Å². The predicted octanol–water partition coefficient (Wildman–Crippen LogP) is 4.03. The highest BCUT2D eigenvalue weighted by Crippen LogP contribution is 2.46. The standard InChI is InChI=1S/C24H29ClN4O3S/c1-4-27(5-2)23(31)21-16(3)26-24-29(22(21)18-8-6-7-9-19(18)25)17(15-33-24)14-20(30)28-10-12-32-13-11-28/h6-9,15,22H,4-5,10-14H2,1-3H3. The molecule has 1 aromatic carbocycles. The number of carbonyl (C=O) groups excluding carboxylic acids is 2. The largest absolute Gasteiger partial charge is 0.378 e. The van der Waals surface area contributed by atoms with E-state index in [0.717, 1.165) is 16.4 Å². The maximum absolute atomic E-state index is 13.6. The van der Waals surface area contributed by atoms with Crippen LogP contribution in [0.25, 0.3) is 0 Å². The Balaban J connectivity index is 1.73.